The van der Waals surface area contributed by atoms with Crippen LogP contribution in [0.4, 0.5) is 0 Å². The quantitative estimate of drug-likeness (QED) is 0.657. The van der Waals surface area contributed by atoms with Gasteiger partial charge in [0.2, 0.25) is 0 Å². The van der Waals surface area contributed by atoms with E-state index in [-0.39, 0.29) is 10.8 Å². The molecule has 0 heterocycles. The molecule has 0 aliphatic heterocycles. The van der Waals surface area contributed by atoms with Gasteiger partial charge in [0.15, 0.2) is 0 Å². The molecule has 12 heavy (non-hydrogen) atoms. The van der Waals surface area contributed by atoms with E-state index in [0.29, 0.717) is 11.8 Å². The smallest absolute Gasteiger partial charge is 0.0598 e. The summed E-state index contributed by atoms with van der Waals surface area (Å²) in [7, 11) is 1.95. The van der Waals surface area contributed by atoms with Crippen LogP contribution < -0.4 is 0 Å². The molecule has 2 atom stereocenters. The van der Waals surface area contributed by atoms with Gasteiger partial charge in [0.1, 0.15) is 0 Å². The normalized spacial score (nSPS) is 16.5. The van der Waals surface area contributed by atoms with E-state index in [1.54, 1.807) is 0 Å². The first-order chi connectivity index (χ1) is 5.60. The highest BCUT2D eigenvalue weighted by atomic mass is 35.5. The summed E-state index contributed by atoms with van der Waals surface area (Å²) >= 11 is 22.8. The van der Waals surface area contributed by atoms with Crippen LogP contribution in [0.1, 0.15) is 0 Å². The first-order valence-corrected chi connectivity index (χ1v) is 5.63. The number of halogens is 4. The number of hydrogen-bond acceptors (Lipinski definition) is 1. The highest BCUT2D eigenvalue weighted by Crippen LogP contribution is 2.05. The lowest BCUT2D eigenvalue weighted by molar-refractivity contribution is 0.341. The van der Waals surface area contributed by atoms with Crippen molar-refractivity contribution in [3.8, 4) is 0 Å². The first-order valence-electron chi connectivity index (χ1n) is 3.68. The average molecular weight is 253 g/mol. The van der Waals surface area contributed by atoms with E-state index in [0.717, 1.165) is 13.1 Å². The zero-order valence-corrected chi connectivity index (χ0v) is 9.97. The maximum atomic E-state index is 5.84. The van der Waals surface area contributed by atoms with Crippen molar-refractivity contribution in [2.24, 2.45) is 0 Å². The van der Waals surface area contributed by atoms with Crippen LogP contribution >= 0.6 is 46.4 Å². The lowest BCUT2D eigenvalue weighted by Crippen LogP contribution is -2.32. The van der Waals surface area contributed by atoms with Gasteiger partial charge >= 0.3 is 0 Å². The molecule has 0 spiro atoms. The highest BCUT2D eigenvalue weighted by Gasteiger charge is 2.10. The predicted molar refractivity (Wildman–Crippen MR) is 58.2 cm³/mol. The summed E-state index contributed by atoms with van der Waals surface area (Å²) in [6, 6.07) is 0. The van der Waals surface area contributed by atoms with E-state index >= 15 is 0 Å². The number of nitrogens with zero attached hydrogens (tertiary/aromatic N) is 1. The number of hydrogen-bond donors (Lipinski definition) is 0. The Kier molecular flexibility index (Phi) is 8.22. The van der Waals surface area contributed by atoms with Crippen LogP contribution in [0.5, 0.6) is 0 Å². The summed E-state index contributed by atoms with van der Waals surface area (Å²) in [5, 5.41) is -0.0354. The van der Waals surface area contributed by atoms with Gasteiger partial charge in [0.25, 0.3) is 0 Å². The van der Waals surface area contributed by atoms with Gasteiger partial charge in [-0.1, -0.05) is 0 Å². The second kappa shape index (κ2) is 7.52. The highest BCUT2D eigenvalue weighted by molar-refractivity contribution is 6.28. The molecule has 1 nitrogen and oxygen atoms in total. The molecule has 0 aromatic heterocycles. The van der Waals surface area contributed by atoms with Crippen molar-refractivity contribution in [2.75, 3.05) is 31.9 Å². The third-order valence-corrected chi connectivity index (χ3v) is 3.00. The average Bonchev–Trinajstić information content (AvgIpc) is 2.03. The summed E-state index contributed by atoms with van der Waals surface area (Å²) in [4.78, 5) is 2.03. The Hall–Kier alpha value is 1.12. The largest absolute Gasteiger partial charge is 0.303 e. The van der Waals surface area contributed by atoms with Crippen molar-refractivity contribution in [1.82, 2.24) is 4.90 Å². The maximum absolute atomic E-state index is 5.84. The standard InChI is InChI=1S/C7H13Cl4N/c1-12(4-6(10)2-8)5-7(11)3-9/h6-7H,2-5H2,1H3. The Labute approximate surface area is 93.9 Å². The molecule has 0 aromatic rings. The van der Waals surface area contributed by atoms with E-state index in [1.165, 1.54) is 0 Å². The summed E-state index contributed by atoms with van der Waals surface area (Å²) in [5.41, 5.74) is 0. The molecule has 2 unspecified atom stereocenters. The number of rotatable bonds is 6. The van der Waals surface area contributed by atoms with Gasteiger partial charge in [0.05, 0.1) is 10.8 Å². The van der Waals surface area contributed by atoms with Crippen LogP contribution in [-0.4, -0.2) is 47.6 Å². The molecule has 0 aliphatic carbocycles. The molecule has 0 saturated heterocycles. The fraction of sp³-hybridized carbons (Fsp3) is 1.00. The van der Waals surface area contributed by atoms with Crippen LogP contribution in [0.2, 0.25) is 0 Å². The van der Waals surface area contributed by atoms with Crippen molar-refractivity contribution < 1.29 is 0 Å². The second-order valence-electron chi connectivity index (χ2n) is 2.72. The molecule has 0 aliphatic rings. The lowest BCUT2D eigenvalue weighted by atomic mass is 10.4. The Morgan fingerprint density at radius 1 is 1.00 bits per heavy atom. The lowest BCUT2D eigenvalue weighted by Gasteiger charge is -2.20. The van der Waals surface area contributed by atoms with Crippen molar-refractivity contribution in [1.29, 1.82) is 0 Å². The minimum atomic E-state index is -0.0177. The molecule has 0 saturated carbocycles. The molecular formula is C7H13Cl4N. The third-order valence-electron chi connectivity index (χ3n) is 1.35. The van der Waals surface area contributed by atoms with E-state index in [9.17, 15) is 0 Å². The van der Waals surface area contributed by atoms with Crippen molar-refractivity contribution in [3.63, 3.8) is 0 Å². The Morgan fingerprint density at radius 3 is 1.58 bits per heavy atom. The molecule has 0 aromatic carbocycles. The summed E-state index contributed by atoms with van der Waals surface area (Å²) < 4.78 is 0. The van der Waals surface area contributed by atoms with Crippen molar-refractivity contribution in [2.45, 2.75) is 10.8 Å². The summed E-state index contributed by atoms with van der Waals surface area (Å²) in [5.74, 6) is 0.916. The van der Waals surface area contributed by atoms with Crippen LogP contribution in [-0.2, 0) is 0 Å². The van der Waals surface area contributed by atoms with E-state index in [1.807, 2.05) is 11.9 Å². The van der Waals surface area contributed by atoms with Crippen LogP contribution in [0, 0.1) is 0 Å². The zero-order chi connectivity index (χ0) is 9.56. The van der Waals surface area contributed by atoms with Gasteiger partial charge < -0.3 is 4.90 Å². The third kappa shape index (κ3) is 6.62. The van der Waals surface area contributed by atoms with Gasteiger partial charge in [-0.2, -0.15) is 0 Å². The van der Waals surface area contributed by atoms with Gasteiger partial charge in [-0.15, -0.1) is 46.4 Å². The van der Waals surface area contributed by atoms with Gasteiger partial charge in [0, 0.05) is 24.8 Å². The monoisotopic (exact) mass is 251 g/mol. The van der Waals surface area contributed by atoms with Crippen LogP contribution in [0.25, 0.3) is 0 Å². The van der Waals surface area contributed by atoms with Gasteiger partial charge in [-0.3, -0.25) is 0 Å². The second-order valence-corrected chi connectivity index (χ2v) is 4.58. The van der Waals surface area contributed by atoms with Gasteiger partial charge in [-0.05, 0) is 7.05 Å². The molecule has 0 radical (unpaired) electrons. The zero-order valence-electron chi connectivity index (χ0n) is 6.94. The Morgan fingerprint density at radius 2 is 1.33 bits per heavy atom. The fourth-order valence-corrected chi connectivity index (χ4v) is 1.51. The fourth-order valence-electron chi connectivity index (χ4n) is 0.849. The maximum Gasteiger partial charge on any atom is 0.0598 e. The molecule has 0 rings (SSSR count). The molecule has 0 N–H and O–H groups in total. The minimum absolute atomic E-state index is 0.0177. The Bertz CT molecular complexity index is 99.6. The SMILES string of the molecule is CN(CC(Cl)CCl)CC(Cl)CCl. The molecule has 74 valence electrons. The molecule has 0 fully saturated rings. The van der Waals surface area contributed by atoms with E-state index < -0.39 is 0 Å². The summed E-state index contributed by atoms with van der Waals surface area (Å²) in [6.07, 6.45) is 0. The van der Waals surface area contributed by atoms with Crippen LogP contribution in [0.15, 0.2) is 0 Å². The molecular weight excluding hydrogens is 240 g/mol. The van der Waals surface area contributed by atoms with Crippen LogP contribution in [0.3, 0.4) is 0 Å². The van der Waals surface area contributed by atoms with Crippen molar-refractivity contribution >= 4 is 46.4 Å². The predicted octanol–water partition coefficient (Wildman–Crippen LogP) is 2.61. The Balaban J connectivity index is 3.51. The molecule has 0 bridgehead atoms. The topological polar surface area (TPSA) is 3.24 Å². The first kappa shape index (κ1) is 13.1. The van der Waals surface area contributed by atoms with Crippen molar-refractivity contribution in [3.05, 3.63) is 0 Å². The number of alkyl halides is 4. The summed E-state index contributed by atoms with van der Waals surface area (Å²) in [6.45, 7) is 1.48. The van der Waals surface area contributed by atoms with E-state index in [2.05, 4.69) is 0 Å². The van der Waals surface area contributed by atoms with Gasteiger partial charge in [-0.25, -0.2) is 0 Å². The molecule has 0 amide bonds. The minimum Gasteiger partial charge on any atom is -0.303 e. The molecule has 5 heteroatoms. The van der Waals surface area contributed by atoms with E-state index in [4.69, 9.17) is 46.4 Å².